The molecule has 0 aliphatic rings. The van der Waals surface area contributed by atoms with Crippen molar-refractivity contribution >= 4 is 17.5 Å². The zero-order valence-electron chi connectivity index (χ0n) is 7.71. The lowest BCUT2D eigenvalue weighted by molar-refractivity contribution is -0.120. The summed E-state index contributed by atoms with van der Waals surface area (Å²) < 4.78 is 4.97. The molecule has 0 unspecified atom stereocenters. The Morgan fingerprint density at radius 1 is 1.64 bits per heavy atom. The Morgan fingerprint density at radius 3 is 2.86 bits per heavy atom. The molecule has 0 saturated carbocycles. The second-order valence-corrected chi connectivity index (χ2v) is 3.12. The first-order valence-corrected chi connectivity index (χ1v) is 4.37. The number of carbonyl (C=O) groups is 1. The van der Waals surface area contributed by atoms with E-state index < -0.39 is 0 Å². The zero-order valence-corrected chi connectivity index (χ0v) is 8.47. The molecule has 0 aliphatic heterocycles. The van der Waals surface area contributed by atoms with Crippen molar-refractivity contribution in [1.82, 2.24) is 5.43 Å². The van der Waals surface area contributed by atoms with Crippen LogP contribution in [0, 0.1) is 0 Å². The third-order valence-corrected chi connectivity index (χ3v) is 2.04. The van der Waals surface area contributed by atoms with Gasteiger partial charge >= 0.3 is 0 Å². The van der Waals surface area contributed by atoms with E-state index in [0.717, 1.165) is 5.56 Å². The highest BCUT2D eigenvalue weighted by atomic mass is 35.5. The lowest BCUT2D eigenvalue weighted by atomic mass is 10.1. The van der Waals surface area contributed by atoms with Gasteiger partial charge in [-0.2, -0.15) is 0 Å². The van der Waals surface area contributed by atoms with Crippen LogP contribution < -0.4 is 16.0 Å². The summed E-state index contributed by atoms with van der Waals surface area (Å²) >= 11 is 5.87. The smallest absolute Gasteiger partial charge is 0.238 e. The van der Waals surface area contributed by atoms with Gasteiger partial charge in [0.05, 0.1) is 18.6 Å². The number of hydrogen-bond acceptors (Lipinski definition) is 3. The monoisotopic (exact) mass is 214 g/mol. The molecule has 0 bridgehead atoms. The van der Waals surface area contributed by atoms with Crippen LogP contribution >= 0.6 is 11.6 Å². The summed E-state index contributed by atoms with van der Waals surface area (Å²) in [7, 11) is 1.54. The molecule has 0 atom stereocenters. The Bertz CT molecular complexity index is 342. The van der Waals surface area contributed by atoms with E-state index in [1.165, 1.54) is 7.11 Å². The fraction of sp³-hybridized carbons (Fsp3) is 0.222. The van der Waals surface area contributed by atoms with Gasteiger partial charge in [0.1, 0.15) is 5.75 Å². The van der Waals surface area contributed by atoms with Crippen molar-refractivity contribution in [2.75, 3.05) is 7.11 Å². The number of ether oxygens (including phenoxy) is 1. The first kappa shape index (κ1) is 10.8. The number of benzene rings is 1. The van der Waals surface area contributed by atoms with Gasteiger partial charge in [-0.1, -0.05) is 17.7 Å². The molecule has 4 nitrogen and oxygen atoms in total. The quantitative estimate of drug-likeness (QED) is 0.446. The van der Waals surface area contributed by atoms with Gasteiger partial charge in [-0.25, -0.2) is 5.84 Å². The number of nitrogens with two attached hydrogens (primary N) is 1. The molecule has 0 fully saturated rings. The van der Waals surface area contributed by atoms with Gasteiger partial charge in [-0.15, -0.1) is 0 Å². The Kier molecular flexibility index (Phi) is 3.73. The topological polar surface area (TPSA) is 64.3 Å². The number of carbonyl (C=O) groups excluding carboxylic acids is 1. The van der Waals surface area contributed by atoms with E-state index in [1.807, 2.05) is 5.43 Å². The summed E-state index contributed by atoms with van der Waals surface area (Å²) in [4.78, 5) is 10.9. The summed E-state index contributed by atoms with van der Waals surface area (Å²) in [5, 5.41) is 0.481. The molecular formula is C9H11ClN2O2. The van der Waals surface area contributed by atoms with E-state index in [1.54, 1.807) is 18.2 Å². The Labute approximate surface area is 87.0 Å². The van der Waals surface area contributed by atoms with Crippen molar-refractivity contribution in [3.63, 3.8) is 0 Å². The fourth-order valence-electron chi connectivity index (χ4n) is 1.06. The van der Waals surface area contributed by atoms with Gasteiger partial charge in [0.2, 0.25) is 5.91 Å². The van der Waals surface area contributed by atoms with Crippen molar-refractivity contribution in [1.29, 1.82) is 0 Å². The van der Waals surface area contributed by atoms with Crippen molar-refractivity contribution in [2.45, 2.75) is 6.42 Å². The third kappa shape index (κ3) is 2.61. The van der Waals surface area contributed by atoms with Crippen LogP contribution in [0.15, 0.2) is 18.2 Å². The van der Waals surface area contributed by atoms with Crippen LogP contribution in [0.25, 0.3) is 0 Å². The lowest BCUT2D eigenvalue weighted by Crippen LogP contribution is -2.31. The highest BCUT2D eigenvalue weighted by molar-refractivity contribution is 6.32. The van der Waals surface area contributed by atoms with Crippen molar-refractivity contribution in [3.8, 4) is 5.75 Å². The number of methoxy groups -OCH3 is 1. The molecule has 0 aromatic heterocycles. The van der Waals surface area contributed by atoms with Gasteiger partial charge in [0, 0.05) is 0 Å². The van der Waals surface area contributed by atoms with Gasteiger partial charge < -0.3 is 4.74 Å². The molecular weight excluding hydrogens is 204 g/mol. The van der Waals surface area contributed by atoms with Crippen LogP contribution in [0.4, 0.5) is 0 Å². The largest absolute Gasteiger partial charge is 0.495 e. The normalized spacial score (nSPS) is 9.64. The van der Waals surface area contributed by atoms with E-state index in [9.17, 15) is 4.79 Å². The van der Waals surface area contributed by atoms with Crippen molar-refractivity contribution < 1.29 is 9.53 Å². The second kappa shape index (κ2) is 4.83. The highest BCUT2D eigenvalue weighted by Gasteiger charge is 2.04. The fourth-order valence-corrected chi connectivity index (χ4v) is 1.34. The molecule has 0 heterocycles. The minimum atomic E-state index is -0.258. The number of amides is 1. The van der Waals surface area contributed by atoms with Gasteiger partial charge in [0.15, 0.2) is 0 Å². The molecule has 0 spiro atoms. The molecule has 0 radical (unpaired) electrons. The molecule has 3 N–H and O–H groups in total. The molecule has 5 heteroatoms. The van der Waals surface area contributed by atoms with Crippen molar-refractivity contribution in [3.05, 3.63) is 28.8 Å². The van der Waals surface area contributed by atoms with Gasteiger partial charge in [-0.3, -0.25) is 10.2 Å². The molecule has 1 amide bonds. The standard InChI is InChI=1S/C9H11ClN2O2/c1-14-8-3-2-6(4-7(8)10)5-9(13)12-11/h2-4H,5,11H2,1H3,(H,12,13). The molecule has 1 rings (SSSR count). The summed E-state index contributed by atoms with van der Waals surface area (Å²) in [6.07, 6.45) is 0.209. The van der Waals surface area contributed by atoms with Crippen LogP contribution in [-0.2, 0) is 11.2 Å². The predicted molar refractivity (Wildman–Crippen MR) is 54.0 cm³/mol. The summed E-state index contributed by atoms with van der Waals surface area (Å²) in [6.45, 7) is 0. The Hall–Kier alpha value is -1.26. The first-order chi connectivity index (χ1) is 6.67. The molecule has 1 aromatic rings. The van der Waals surface area contributed by atoms with Crippen LogP contribution in [0.3, 0.4) is 0 Å². The maximum atomic E-state index is 10.9. The summed E-state index contributed by atoms with van der Waals surface area (Å²) in [6, 6.07) is 5.15. The number of rotatable bonds is 3. The number of nitrogens with one attached hydrogen (secondary N) is 1. The van der Waals surface area contributed by atoms with Crippen LogP contribution in [0.2, 0.25) is 5.02 Å². The zero-order chi connectivity index (χ0) is 10.6. The maximum Gasteiger partial charge on any atom is 0.238 e. The molecule has 0 aliphatic carbocycles. The van der Waals surface area contributed by atoms with Gasteiger partial charge in [-0.05, 0) is 17.7 Å². The first-order valence-electron chi connectivity index (χ1n) is 3.99. The van der Waals surface area contributed by atoms with Gasteiger partial charge in [0.25, 0.3) is 0 Å². The molecule has 1 aromatic carbocycles. The molecule has 14 heavy (non-hydrogen) atoms. The average molecular weight is 215 g/mol. The summed E-state index contributed by atoms with van der Waals surface area (Å²) in [5.74, 6) is 5.29. The number of halogens is 1. The van der Waals surface area contributed by atoms with Crippen molar-refractivity contribution in [2.24, 2.45) is 5.84 Å². The SMILES string of the molecule is COc1ccc(CC(=O)NN)cc1Cl. The van der Waals surface area contributed by atoms with Crippen LogP contribution in [0.5, 0.6) is 5.75 Å². The van der Waals surface area contributed by atoms with E-state index in [4.69, 9.17) is 22.2 Å². The van der Waals surface area contributed by atoms with E-state index in [-0.39, 0.29) is 12.3 Å². The average Bonchev–Trinajstić information content (AvgIpc) is 2.18. The Morgan fingerprint density at radius 2 is 2.36 bits per heavy atom. The van der Waals surface area contributed by atoms with Crippen LogP contribution in [-0.4, -0.2) is 13.0 Å². The van der Waals surface area contributed by atoms with Crippen LogP contribution in [0.1, 0.15) is 5.56 Å². The maximum absolute atomic E-state index is 10.9. The molecule has 0 saturated heterocycles. The lowest BCUT2D eigenvalue weighted by Gasteiger charge is -2.05. The van der Waals surface area contributed by atoms with E-state index >= 15 is 0 Å². The molecule has 76 valence electrons. The number of hydrazine groups is 1. The van der Waals surface area contributed by atoms with E-state index in [0.29, 0.717) is 10.8 Å². The van der Waals surface area contributed by atoms with E-state index in [2.05, 4.69) is 0 Å². The summed E-state index contributed by atoms with van der Waals surface area (Å²) in [5.41, 5.74) is 2.84. The number of hydrogen-bond donors (Lipinski definition) is 2. The predicted octanol–water partition coefficient (Wildman–Crippen LogP) is 0.881. The minimum absolute atomic E-state index is 0.209. The Balaban J connectivity index is 2.81. The third-order valence-electron chi connectivity index (χ3n) is 1.74. The second-order valence-electron chi connectivity index (χ2n) is 2.71. The highest BCUT2D eigenvalue weighted by Crippen LogP contribution is 2.24. The minimum Gasteiger partial charge on any atom is -0.495 e.